The molecule has 0 radical (unpaired) electrons. The number of rotatable bonds is 9. The zero-order valence-electron chi connectivity index (χ0n) is 19.0. The maximum Gasteiger partial charge on any atom is 0.333 e. The van der Waals surface area contributed by atoms with Gasteiger partial charge in [-0.3, -0.25) is 18.6 Å². The third-order valence-corrected chi connectivity index (χ3v) is 6.39. The van der Waals surface area contributed by atoms with Gasteiger partial charge in [-0.1, -0.05) is 30.3 Å². The number of ether oxygens (including phenoxy) is 1. The summed E-state index contributed by atoms with van der Waals surface area (Å²) in [6, 6.07) is 9.41. The van der Waals surface area contributed by atoms with Crippen LogP contribution in [0.5, 0.6) is 0 Å². The van der Waals surface area contributed by atoms with Crippen LogP contribution in [0.25, 0.3) is 16.1 Å². The number of benzene rings is 1. The zero-order valence-corrected chi connectivity index (χ0v) is 19.8. The molecule has 0 atom stereocenters. The van der Waals surface area contributed by atoms with Gasteiger partial charge < -0.3 is 14.6 Å². The molecular weight excluding hydrogens is 470 g/mol. The van der Waals surface area contributed by atoms with Crippen molar-refractivity contribution in [3.8, 4) is 0 Å². The molecule has 0 unspecified atom stereocenters. The van der Waals surface area contributed by atoms with E-state index in [9.17, 15) is 14.4 Å². The van der Waals surface area contributed by atoms with Crippen molar-refractivity contribution < 1.29 is 9.53 Å². The number of hydrogen-bond donors (Lipinski definition) is 1. The fraction of sp³-hybridized carbons (Fsp3) is 0.261. The third kappa shape index (κ3) is 4.53. The second kappa shape index (κ2) is 9.68. The van der Waals surface area contributed by atoms with E-state index in [0.717, 1.165) is 15.1 Å². The normalized spacial score (nSPS) is 11.5. The maximum atomic E-state index is 13.4. The predicted molar refractivity (Wildman–Crippen MR) is 131 cm³/mol. The standard InChI is InChI=1S/C23H23N7O4S/c1-34-9-7-28-15-25-20-19(28)21(32)30(23(33)29(20)12-16-5-3-2-4-6-16)14-18(31)24-11-17-13-27-8-10-35-22(27)26-17/h2-6,8,10,13,15H,7,9,11-12,14H2,1H3,(H,24,31). The molecule has 0 saturated carbocycles. The predicted octanol–water partition coefficient (Wildman–Crippen LogP) is 1.08. The van der Waals surface area contributed by atoms with Gasteiger partial charge in [0.1, 0.15) is 6.54 Å². The monoisotopic (exact) mass is 493 g/mol. The first-order valence-corrected chi connectivity index (χ1v) is 11.8. The van der Waals surface area contributed by atoms with Crippen LogP contribution in [0.2, 0.25) is 0 Å². The number of aromatic nitrogens is 6. The molecule has 4 heterocycles. The molecule has 0 fully saturated rings. The van der Waals surface area contributed by atoms with Gasteiger partial charge in [-0.15, -0.1) is 11.3 Å². The van der Waals surface area contributed by atoms with Crippen LogP contribution in [0.1, 0.15) is 11.3 Å². The number of fused-ring (bicyclic) bond motifs is 2. The lowest BCUT2D eigenvalue weighted by molar-refractivity contribution is -0.122. The Kier molecular flexibility index (Phi) is 6.29. The van der Waals surface area contributed by atoms with Crippen molar-refractivity contribution >= 4 is 33.4 Å². The highest BCUT2D eigenvalue weighted by molar-refractivity contribution is 7.15. The fourth-order valence-electron chi connectivity index (χ4n) is 3.90. The highest BCUT2D eigenvalue weighted by atomic mass is 32.1. The summed E-state index contributed by atoms with van der Waals surface area (Å²) in [5, 5.41) is 4.67. The van der Waals surface area contributed by atoms with E-state index in [0.29, 0.717) is 18.8 Å². The van der Waals surface area contributed by atoms with E-state index < -0.39 is 23.7 Å². The van der Waals surface area contributed by atoms with Gasteiger partial charge >= 0.3 is 5.69 Å². The fourth-order valence-corrected chi connectivity index (χ4v) is 4.61. The molecule has 0 spiro atoms. The maximum absolute atomic E-state index is 13.4. The van der Waals surface area contributed by atoms with Gasteiger partial charge in [0.15, 0.2) is 16.1 Å². The Morgan fingerprint density at radius 2 is 2.00 bits per heavy atom. The first-order chi connectivity index (χ1) is 17.0. The van der Waals surface area contributed by atoms with Crippen molar-refractivity contribution in [3.05, 3.63) is 86.5 Å². The second-order valence-electron chi connectivity index (χ2n) is 7.95. The SMILES string of the molecule is COCCn1cnc2c1c(=O)n(CC(=O)NCc1cn3ccsc3n1)c(=O)n2Cc1ccccc1. The van der Waals surface area contributed by atoms with E-state index in [1.54, 1.807) is 11.7 Å². The van der Waals surface area contributed by atoms with Crippen LogP contribution in [-0.4, -0.2) is 47.7 Å². The molecule has 5 aromatic rings. The molecule has 1 aromatic carbocycles. The van der Waals surface area contributed by atoms with E-state index in [-0.39, 0.29) is 24.3 Å². The number of hydrogen-bond acceptors (Lipinski definition) is 7. The van der Waals surface area contributed by atoms with Crippen LogP contribution in [-0.2, 0) is 35.7 Å². The van der Waals surface area contributed by atoms with E-state index in [2.05, 4.69) is 15.3 Å². The van der Waals surface area contributed by atoms with E-state index in [4.69, 9.17) is 4.74 Å². The number of thiazole rings is 1. The van der Waals surface area contributed by atoms with Crippen LogP contribution < -0.4 is 16.6 Å². The van der Waals surface area contributed by atoms with Crippen molar-refractivity contribution in [2.75, 3.05) is 13.7 Å². The highest BCUT2D eigenvalue weighted by Gasteiger charge is 2.20. The molecule has 0 aliphatic heterocycles. The van der Waals surface area contributed by atoms with Crippen molar-refractivity contribution in [1.82, 2.24) is 33.4 Å². The van der Waals surface area contributed by atoms with Gasteiger partial charge in [0.2, 0.25) is 5.91 Å². The summed E-state index contributed by atoms with van der Waals surface area (Å²) in [5.41, 5.74) is 0.917. The summed E-state index contributed by atoms with van der Waals surface area (Å²) in [6.07, 6.45) is 5.22. The highest BCUT2D eigenvalue weighted by Crippen LogP contribution is 2.12. The summed E-state index contributed by atoms with van der Waals surface area (Å²) in [7, 11) is 1.57. The first-order valence-electron chi connectivity index (χ1n) is 10.9. The number of nitrogens with zero attached hydrogens (tertiary/aromatic N) is 6. The first kappa shape index (κ1) is 22.7. The van der Waals surface area contributed by atoms with Gasteiger partial charge in [0, 0.05) is 31.4 Å². The molecule has 1 amide bonds. The lowest BCUT2D eigenvalue weighted by atomic mass is 10.2. The third-order valence-electron chi connectivity index (χ3n) is 5.61. The lowest BCUT2D eigenvalue weighted by Crippen LogP contribution is -2.44. The van der Waals surface area contributed by atoms with Crippen molar-refractivity contribution in [1.29, 1.82) is 0 Å². The Labute approximate surface area is 202 Å². The Morgan fingerprint density at radius 3 is 2.77 bits per heavy atom. The van der Waals surface area contributed by atoms with Gasteiger partial charge in [-0.25, -0.2) is 19.3 Å². The summed E-state index contributed by atoms with van der Waals surface area (Å²) < 4.78 is 11.0. The molecule has 0 aliphatic carbocycles. The molecule has 35 heavy (non-hydrogen) atoms. The van der Waals surface area contributed by atoms with Crippen LogP contribution >= 0.6 is 11.3 Å². The molecule has 12 heteroatoms. The Balaban J connectivity index is 1.47. The Morgan fingerprint density at radius 1 is 1.17 bits per heavy atom. The number of imidazole rings is 2. The average Bonchev–Trinajstić information content (AvgIpc) is 3.57. The minimum absolute atomic E-state index is 0.189. The molecule has 4 aromatic heterocycles. The average molecular weight is 494 g/mol. The zero-order chi connectivity index (χ0) is 24.4. The molecule has 5 rings (SSSR count). The van der Waals surface area contributed by atoms with Gasteiger partial charge in [-0.05, 0) is 5.56 Å². The molecule has 0 bridgehead atoms. The minimum Gasteiger partial charge on any atom is -0.383 e. The van der Waals surface area contributed by atoms with Crippen LogP contribution in [0.4, 0.5) is 0 Å². The van der Waals surface area contributed by atoms with E-state index in [1.165, 1.54) is 22.2 Å². The topological polar surface area (TPSA) is 117 Å². The lowest BCUT2D eigenvalue weighted by Gasteiger charge is -2.13. The minimum atomic E-state index is -0.596. The number of methoxy groups -OCH3 is 1. The number of carbonyl (C=O) groups excluding carboxylic acids is 1. The van der Waals surface area contributed by atoms with Gasteiger partial charge in [0.25, 0.3) is 5.56 Å². The van der Waals surface area contributed by atoms with E-state index >= 15 is 0 Å². The van der Waals surface area contributed by atoms with Crippen molar-refractivity contribution in [2.24, 2.45) is 0 Å². The summed E-state index contributed by atoms with van der Waals surface area (Å²) in [4.78, 5) is 49.1. The summed E-state index contributed by atoms with van der Waals surface area (Å²) in [5.74, 6) is -0.464. The number of amides is 1. The number of carbonyl (C=O) groups is 1. The smallest absolute Gasteiger partial charge is 0.333 e. The van der Waals surface area contributed by atoms with Crippen LogP contribution in [0, 0.1) is 0 Å². The van der Waals surface area contributed by atoms with Gasteiger partial charge in [-0.2, -0.15) is 0 Å². The van der Waals surface area contributed by atoms with Crippen molar-refractivity contribution in [2.45, 2.75) is 26.2 Å². The summed E-state index contributed by atoms with van der Waals surface area (Å²) >= 11 is 1.49. The molecule has 11 nitrogen and oxygen atoms in total. The number of nitrogens with one attached hydrogen (secondary N) is 1. The van der Waals surface area contributed by atoms with Crippen LogP contribution in [0.3, 0.4) is 0 Å². The molecule has 1 N–H and O–H groups in total. The van der Waals surface area contributed by atoms with Crippen LogP contribution in [0.15, 0.2) is 64.0 Å². The Bertz CT molecular complexity index is 1580. The Hall–Kier alpha value is -4.03. The van der Waals surface area contributed by atoms with Crippen molar-refractivity contribution in [3.63, 3.8) is 0 Å². The van der Waals surface area contributed by atoms with E-state index in [1.807, 2.05) is 52.5 Å². The molecular formula is C23H23N7O4S. The summed E-state index contributed by atoms with van der Waals surface area (Å²) in [6.45, 7) is 0.736. The molecule has 0 aliphatic rings. The quantitative estimate of drug-likeness (QED) is 0.328. The largest absolute Gasteiger partial charge is 0.383 e. The second-order valence-corrected chi connectivity index (χ2v) is 8.82. The van der Waals surface area contributed by atoms with Gasteiger partial charge in [0.05, 0.1) is 31.7 Å². The molecule has 180 valence electrons. The molecule has 0 saturated heterocycles.